The van der Waals surface area contributed by atoms with Crippen molar-refractivity contribution in [2.75, 3.05) is 6.61 Å². The predicted octanol–water partition coefficient (Wildman–Crippen LogP) is 0.762. The molecule has 0 saturated carbocycles. The number of carbonyl (C=O) groups excluding carboxylic acids is 1. The van der Waals surface area contributed by atoms with E-state index in [4.69, 9.17) is 9.52 Å². The summed E-state index contributed by atoms with van der Waals surface area (Å²) < 4.78 is 5.19. The van der Waals surface area contributed by atoms with Crippen LogP contribution in [-0.2, 0) is 11.3 Å². The fraction of sp³-hybridized carbons (Fsp3) is 0.600. The topological polar surface area (TPSA) is 75.4 Å². The molecule has 1 heterocycles. The molecule has 5 nitrogen and oxygen atoms in total. The average Bonchev–Trinajstić information content (AvgIpc) is 2.62. The van der Waals surface area contributed by atoms with E-state index in [0.29, 0.717) is 31.7 Å². The van der Waals surface area contributed by atoms with Crippen LogP contribution >= 0.6 is 0 Å². The highest BCUT2D eigenvalue weighted by Crippen LogP contribution is 2.01. The first-order valence-electron chi connectivity index (χ1n) is 5.01. The standard InChI is InChI=1S/C10H16N2O3/c1-8-6-12-10(15-8)7-11-9(14)4-2-3-5-13/h6,13H,2-5,7H2,1H3,(H,11,14). The molecular weight excluding hydrogens is 196 g/mol. The van der Waals surface area contributed by atoms with Crippen LogP contribution in [0, 0.1) is 6.92 Å². The van der Waals surface area contributed by atoms with Crippen molar-refractivity contribution in [2.24, 2.45) is 0 Å². The maximum Gasteiger partial charge on any atom is 0.220 e. The molecule has 5 heteroatoms. The summed E-state index contributed by atoms with van der Waals surface area (Å²) in [4.78, 5) is 15.2. The number of carbonyl (C=O) groups is 1. The summed E-state index contributed by atoms with van der Waals surface area (Å²) in [5.41, 5.74) is 0. The number of aliphatic hydroxyl groups excluding tert-OH is 1. The molecule has 15 heavy (non-hydrogen) atoms. The monoisotopic (exact) mass is 212 g/mol. The molecule has 0 aliphatic rings. The molecule has 0 radical (unpaired) electrons. The Hall–Kier alpha value is -1.36. The molecule has 2 N–H and O–H groups in total. The van der Waals surface area contributed by atoms with E-state index in [-0.39, 0.29) is 12.5 Å². The maximum absolute atomic E-state index is 11.2. The molecule has 1 rings (SSSR count). The van der Waals surface area contributed by atoms with Gasteiger partial charge < -0.3 is 14.8 Å². The molecule has 0 aromatic carbocycles. The number of hydrogen-bond acceptors (Lipinski definition) is 4. The van der Waals surface area contributed by atoms with Crippen LogP contribution in [0.4, 0.5) is 0 Å². The lowest BCUT2D eigenvalue weighted by Gasteiger charge is -2.01. The quantitative estimate of drug-likeness (QED) is 0.683. The highest BCUT2D eigenvalue weighted by Gasteiger charge is 2.04. The van der Waals surface area contributed by atoms with Gasteiger partial charge in [0.25, 0.3) is 0 Å². The molecular formula is C10H16N2O3. The van der Waals surface area contributed by atoms with Gasteiger partial charge in [0, 0.05) is 13.0 Å². The van der Waals surface area contributed by atoms with Crippen LogP contribution < -0.4 is 5.32 Å². The fourth-order valence-corrected chi connectivity index (χ4v) is 1.14. The van der Waals surface area contributed by atoms with Gasteiger partial charge in [-0.1, -0.05) is 0 Å². The second-order valence-corrected chi connectivity index (χ2v) is 3.32. The van der Waals surface area contributed by atoms with E-state index < -0.39 is 0 Å². The molecule has 0 saturated heterocycles. The number of oxazole rings is 1. The lowest BCUT2D eigenvalue weighted by Crippen LogP contribution is -2.22. The molecule has 0 unspecified atom stereocenters. The first-order chi connectivity index (χ1) is 7.22. The Kier molecular flexibility index (Phi) is 4.83. The molecule has 1 aromatic heterocycles. The van der Waals surface area contributed by atoms with Gasteiger partial charge in [0.2, 0.25) is 11.8 Å². The van der Waals surface area contributed by atoms with Crippen LogP contribution in [0.3, 0.4) is 0 Å². The lowest BCUT2D eigenvalue weighted by atomic mass is 10.2. The Morgan fingerprint density at radius 2 is 2.40 bits per heavy atom. The molecule has 84 valence electrons. The number of aromatic nitrogens is 1. The summed E-state index contributed by atoms with van der Waals surface area (Å²) in [7, 11) is 0. The predicted molar refractivity (Wildman–Crippen MR) is 54.0 cm³/mol. The molecule has 0 fully saturated rings. The maximum atomic E-state index is 11.2. The number of nitrogens with one attached hydrogen (secondary N) is 1. The van der Waals surface area contributed by atoms with Crippen molar-refractivity contribution in [1.29, 1.82) is 0 Å². The molecule has 1 amide bonds. The zero-order valence-corrected chi connectivity index (χ0v) is 8.82. The van der Waals surface area contributed by atoms with Crippen LogP contribution in [0.5, 0.6) is 0 Å². The smallest absolute Gasteiger partial charge is 0.220 e. The summed E-state index contributed by atoms with van der Waals surface area (Å²) in [6.07, 6.45) is 3.41. The van der Waals surface area contributed by atoms with Gasteiger partial charge in [-0.2, -0.15) is 0 Å². The van der Waals surface area contributed by atoms with Gasteiger partial charge in [-0.15, -0.1) is 0 Å². The molecule has 0 spiro atoms. The molecule has 1 aromatic rings. The van der Waals surface area contributed by atoms with E-state index in [9.17, 15) is 4.79 Å². The SMILES string of the molecule is Cc1cnc(CNC(=O)CCCCO)o1. The van der Waals surface area contributed by atoms with E-state index >= 15 is 0 Å². The zero-order valence-electron chi connectivity index (χ0n) is 8.82. The second-order valence-electron chi connectivity index (χ2n) is 3.32. The lowest BCUT2D eigenvalue weighted by molar-refractivity contribution is -0.121. The van der Waals surface area contributed by atoms with Crippen LogP contribution in [0.15, 0.2) is 10.6 Å². The van der Waals surface area contributed by atoms with E-state index in [1.54, 1.807) is 13.1 Å². The third-order valence-electron chi connectivity index (χ3n) is 1.92. The van der Waals surface area contributed by atoms with Crippen molar-refractivity contribution in [3.05, 3.63) is 17.8 Å². The molecule has 0 aliphatic carbocycles. The minimum Gasteiger partial charge on any atom is -0.444 e. The first kappa shape index (κ1) is 11.7. The highest BCUT2D eigenvalue weighted by atomic mass is 16.4. The molecule has 0 bridgehead atoms. The number of unbranched alkanes of at least 4 members (excludes halogenated alkanes) is 1. The van der Waals surface area contributed by atoms with Crippen molar-refractivity contribution in [1.82, 2.24) is 10.3 Å². The number of rotatable bonds is 6. The fourth-order valence-electron chi connectivity index (χ4n) is 1.14. The number of nitrogens with zero attached hydrogens (tertiary/aromatic N) is 1. The van der Waals surface area contributed by atoms with Crippen molar-refractivity contribution < 1.29 is 14.3 Å². The van der Waals surface area contributed by atoms with Crippen LogP contribution in [0.1, 0.15) is 30.9 Å². The van der Waals surface area contributed by atoms with Gasteiger partial charge in [0.05, 0.1) is 12.7 Å². The van der Waals surface area contributed by atoms with E-state index in [1.807, 2.05) is 0 Å². The number of aliphatic hydroxyl groups is 1. The van der Waals surface area contributed by atoms with E-state index in [1.165, 1.54) is 0 Å². The number of aryl methyl sites for hydroxylation is 1. The third-order valence-corrected chi connectivity index (χ3v) is 1.92. The first-order valence-corrected chi connectivity index (χ1v) is 5.01. The minimum atomic E-state index is -0.0423. The average molecular weight is 212 g/mol. The second kappa shape index (κ2) is 6.19. The zero-order chi connectivity index (χ0) is 11.1. The number of hydrogen-bond donors (Lipinski definition) is 2. The number of amides is 1. The van der Waals surface area contributed by atoms with Crippen molar-refractivity contribution in [3.8, 4) is 0 Å². The molecule has 0 aliphatic heterocycles. The Morgan fingerprint density at radius 3 is 3.00 bits per heavy atom. The Labute approximate surface area is 88.5 Å². The normalized spacial score (nSPS) is 10.3. The highest BCUT2D eigenvalue weighted by molar-refractivity contribution is 5.75. The molecule has 0 atom stereocenters. The minimum absolute atomic E-state index is 0.0423. The Balaban J connectivity index is 2.16. The van der Waals surface area contributed by atoms with Crippen molar-refractivity contribution >= 4 is 5.91 Å². The Morgan fingerprint density at radius 1 is 1.60 bits per heavy atom. The van der Waals surface area contributed by atoms with Crippen molar-refractivity contribution in [2.45, 2.75) is 32.7 Å². The van der Waals surface area contributed by atoms with Crippen LogP contribution in [0.25, 0.3) is 0 Å². The van der Waals surface area contributed by atoms with Gasteiger partial charge in [-0.05, 0) is 19.8 Å². The van der Waals surface area contributed by atoms with Gasteiger partial charge in [0.1, 0.15) is 5.76 Å². The van der Waals surface area contributed by atoms with Gasteiger partial charge in [0.15, 0.2) is 0 Å². The van der Waals surface area contributed by atoms with Crippen molar-refractivity contribution in [3.63, 3.8) is 0 Å². The Bertz CT molecular complexity index is 309. The van der Waals surface area contributed by atoms with E-state index in [0.717, 1.165) is 5.76 Å². The largest absolute Gasteiger partial charge is 0.444 e. The summed E-state index contributed by atoms with van der Waals surface area (Å²) in [6, 6.07) is 0. The third kappa shape index (κ3) is 4.60. The van der Waals surface area contributed by atoms with Gasteiger partial charge in [-0.25, -0.2) is 4.98 Å². The summed E-state index contributed by atoms with van der Waals surface area (Å²) in [6.45, 7) is 2.26. The van der Waals surface area contributed by atoms with Crippen LogP contribution in [0.2, 0.25) is 0 Å². The van der Waals surface area contributed by atoms with Gasteiger partial charge in [-0.3, -0.25) is 4.79 Å². The summed E-state index contributed by atoms with van der Waals surface area (Å²) in [5, 5.41) is 11.2. The summed E-state index contributed by atoms with van der Waals surface area (Å²) >= 11 is 0. The van der Waals surface area contributed by atoms with E-state index in [2.05, 4.69) is 10.3 Å². The summed E-state index contributed by atoms with van der Waals surface area (Å²) in [5.74, 6) is 1.21. The van der Waals surface area contributed by atoms with Gasteiger partial charge >= 0.3 is 0 Å². The van der Waals surface area contributed by atoms with Crippen LogP contribution in [-0.4, -0.2) is 22.6 Å².